The largest absolute Gasteiger partial charge is 0.391 e. The average molecular weight is 315 g/mol. The summed E-state index contributed by atoms with van der Waals surface area (Å²) in [5.74, 6) is -0.0388. The molecule has 1 aromatic heterocycles. The summed E-state index contributed by atoms with van der Waals surface area (Å²) >= 11 is 0. The average Bonchev–Trinajstić information content (AvgIpc) is 2.88. The topological polar surface area (TPSA) is 66.3 Å². The Balaban J connectivity index is 1.92. The summed E-state index contributed by atoms with van der Waals surface area (Å²) in [6.45, 7) is 3.78. The van der Waals surface area contributed by atoms with Gasteiger partial charge in [0.25, 0.3) is 5.91 Å². The predicted octanol–water partition coefficient (Wildman–Crippen LogP) is 2.18. The van der Waals surface area contributed by atoms with E-state index >= 15 is 0 Å². The van der Waals surface area contributed by atoms with Gasteiger partial charge >= 0.3 is 0 Å². The van der Waals surface area contributed by atoms with Crippen molar-refractivity contribution in [1.29, 1.82) is 0 Å². The zero-order chi connectivity index (χ0) is 16.6. The van der Waals surface area contributed by atoms with Gasteiger partial charge in [0, 0.05) is 12.2 Å². The normalized spacial score (nSPS) is 20.8. The van der Waals surface area contributed by atoms with Crippen LogP contribution in [0.4, 0.5) is 4.39 Å². The molecule has 2 unspecified atom stereocenters. The van der Waals surface area contributed by atoms with E-state index in [1.54, 1.807) is 30.0 Å². The molecule has 0 bridgehead atoms. The van der Waals surface area contributed by atoms with E-state index < -0.39 is 6.10 Å². The Morgan fingerprint density at radius 1 is 1.26 bits per heavy atom. The van der Waals surface area contributed by atoms with E-state index in [9.17, 15) is 14.3 Å². The summed E-state index contributed by atoms with van der Waals surface area (Å²) in [7, 11) is 0. The van der Waals surface area contributed by atoms with E-state index in [0.29, 0.717) is 17.9 Å². The van der Waals surface area contributed by atoms with Crippen LogP contribution in [0.2, 0.25) is 0 Å². The van der Waals surface area contributed by atoms with Crippen LogP contribution in [0, 0.1) is 19.7 Å². The number of hydrogen-bond acceptors (Lipinski definition) is 4. The summed E-state index contributed by atoms with van der Waals surface area (Å²) in [4.78, 5) is 22.8. The second kappa shape index (κ2) is 6.04. The van der Waals surface area contributed by atoms with Gasteiger partial charge in [-0.1, -0.05) is 12.1 Å². The molecular formula is C17H18FN3O2. The summed E-state index contributed by atoms with van der Waals surface area (Å²) in [6.07, 6.45) is -0.168. The lowest BCUT2D eigenvalue weighted by Gasteiger charge is -2.24. The molecule has 2 heterocycles. The SMILES string of the molecule is Cc1cc(C(=O)N2CC(O)CC2c2ccc(F)cc2)nc(C)n1. The van der Waals surface area contributed by atoms with Gasteiger partial charge in [0.15, 0.2) is 0 Å². The minimum absolute atomic E-state index is 0.239. The van der Waals surface area contributed by atoms with Crippen LogP contribution in [0.25, 0.3) is 0 Å². The highest BCUT2D eigenvalue weighted by Gasteiger charge is 2.36. The lowest BCUT2D eigenvalue weighted by molar-refractivity contribution is 0.0709. The molecule has 1 aliphatic rings. The minimum Gasteiger partial charge on any atom is -0.391 e. The number of hydrogen-bond donors (Lipinski definition) is 1. The van der Waals surface area contributed by atoms with Crippen molar-refractivity contribution in [3.05, 3.63) is 58.9 Å². The number of amides is 1. The van der Waals surface area contributed by atoms with Gasteiger partial charge in [-0.2, -0.15) is 0 Å². The fraction of sp³-hybridized carbons (Fsp3) is 0.353. The van der Waals surface area contributed by atoms with Crippen molar-refractivity contribution >= 4 is 5.91 Å². The number of aryl methyl sites for hydroxylation is 2. The van der Waals surface area contributed by atoms with Crippen LogP contribution in [0.5, 0.6) is 0 Å². The Labute approximate surface area is 133 Å². The van der Waals surface area contributed by atoms with E-state index in [1.165, 1.54) is 12.1 Å². The third-order valence-electron chi connectivity index (χ3n) is 3.98. The molecule has 5 nitrogen and oxygen atoms in total. The van der Waals surface area contributed by atoms with Crippen molar-refractivity contribution in [3.8, 4) is 0 Å². The molecule has 1 aliphatic heterocycles. The molecule has 0 saturated carbocycles. The van der Waals surface area contributed by atoms with Crippen LogP contribution in [0.3, 0.4) is 0 Å². The molecule has 1 fully saturated rings. The first-order valence-electron chi connectivity index (χ1n) is 7.51. The highest BCUT2D eigenvalue weighted by molar-refractivity contribution is 5.93. The highest BCUT2D eigenvalue weighted by Crippen LogP contribution is 2.33. The van der Waals surface area contributed by atoms with Gasteiger partial charge in [-0.25, -0.2) is 14.4 Å². The third kappa shape index (κ3) is 3.22. The third-order valence-corrected chi connectivity index (χ3v) is 3.98. The zero-order valence-corrected chi connectivity index (χ0v) is 13.0. The standard InChI is InChI=1S/C17H18FN3O2/c1-10-7-15(20-11(2)19-10)17(23)21-9-14(22)8-16(21)12-3-5-13(18)6-4-12/h3-7,14,16,22H,8-9H2,1-2H3. The van der Waals surface area contributed by atoms with E-state index in [4.69, 9.17) is 0 Å². The van der Waals surface area contributed by atoms with Crippen LogP contribution in [-0.4, -0.2) is 38.5 Å². The number of carbonyl (C=O) groups is 1. The molecule has 1 aromatic carbocycles. The number of nitrogens with zero attached hydrogens (tertiary/aromatic N) is 3. The van der Waals surface area contributed by atoms with Crippen molar-refractivity contribution in [2.75, 3.05) is 6.54 Å². The molecule has 0 spiro atoms. The number of carbonyl (C=O) groups excluding carboxylic acids is 1. The van der Waals surface area contributed by atoms with Crippen LogP contribution in [0.1, 0.15) is 40.0 Å². The maximum absolute atomic E-state index is 13.1. The molecule has 2 aromatic rings. The Bertz CT molecular complexity index is 713. The summed E-state index contributed by atoms with van der Waals surface area (Å²) in [5.41, 5.74) is 1.84. The molecule has 120 valence electrons. The fourth-order valence-corrected chi connectivity index (χ4v) is 3.01. The maximum Gasteiger partial charge on any atom is 0.273 e. The number of aromatic nitrogens is 2. The molecular weight excluding hydrogens is 297 g/mol. The molecule has 0 aliphatic carbocycles. The van der Waals surface area contributed by atoms with Gasteiger partial charge in [0.05, 0.1) is 12.1 Å². The lowest BCUT2D eigenvalue weighted by Crippen LogP contribution is -2.32. The van der Waals surface area contributed by atoms with E-state index in [0.717, 1.165) is 11.3 Å². The van der Waals surface area contributed by atoms with Gasteiger partial charge in [-0.05, 0) is 44.0 Å². The van der Waals surface area contributed by atoms with Gasteiger partial charge in [-0.3, -0.25) is 4.79 Å². The number of halogens is 1. The molecule has 1 saturated heterocycles. The molecule has 0 radical (unpaired) electrons. The van der Waals surface area contributed by atoms with Gasteiger partial charge in [0.1, 0.15) is 17.3 Å². The van der Waals surface area contributed by atoms with Crippen LogP contribution < -0.4 is 0 Å². The second-order valence-corrected chi connectivity index (χ2v) is 5.86. The van der Waals surface area contributed by atoms with Gasteiger partial charge < -0.3 is 10.0 Å². The number of aliphatic hydroxyl groups excluding tert-OH is 1. The molecule has 23 heavy (non-hydrogen) atoms. The molecule has 3 rings (SSSR count). The van der Waals surface area contributed by atoms with Gasteiger partial charge in [-0.15, -0.1) is 0 Å². The van der Waals surface area contributed by atoms with Gasteiger partial charge in [0.2, 0.25) is 0 Å². The number of benzene rings is 1. The first-order valence-corrected chi connectivity index (χ1v) is 7.51. The van der Waals surface area contributed by atoms with E-state index in [1.807, 2.05) is 6.92 Å². The number of β-amino-alcohol motifs (C(OH)–C–C–N with tert-alkyl or cyclic N) is 1. The van der Waals surface area contributed by atoms with E-state index in [-0.39, 0.29) is 24.3 Å². The lowest BCUT2D eigenvalue weighted by atomic mass is 10.0. The number of rotatable bonds is 2. The molecule has 6 heteroatoms. The fourth-order valence-electron chi connectivity index (χ4n) is 3.01. The van der Waals surface area contributed by atoms with Crippen molar-refractivity contribution in [2.45, 2.75) is 32.4 Å². The second-order valence-electron chi connectivity index (χ2n) is 5.86. The number of aliphatic hydroxyl groups is 1. The maximum atomic E-state index is 13.1. The highest BCUT2D eigenvalue weighted by atomic mass is 19.1. The Hall–Kier alpha value is -2.34. The van der Waals surface area contributed by atoms with Crippen LogP contribution in [-0.2, 0) is 0 Å². The molecule has 1 N–H and O–H groups in total. The molecule has 2 atom stereocenters. The smallest absolute Gasteiger partial charge is 0.273 e. The summed E-state index contributed by atoms with van der Waals surface area (Å²) < 4.78 is 13.1. The number of likely N-dealkylation sites (tertiary alicyclic amines) is 1. The zero-order valence-electron chi connectivity index (χ0n) is 13.0. The van der Waals surface area contributed by atoms with Crippen LogP contribution >= 0.6 is 0 Å². The quantitative estimate of drug-likeness (QED) is 0.922. The van der Waals surface area contributed by atoms with Crippen LogP contribution in [0.15, 0.2) is 30.3 Å². The Morgan fingerprint density at radius 3 is 2.61 bits per heavy atom. The molecule has 1 amide bonds. The first kappa shape index (κ1) is 15.6. The minimum atomic E-state index is -0.599. The Morgan fingerprint density at radius 2 is 1.96 bits per heavy atom. The van der Waals surface area contributed by atoms with Crippen molar-refractivity contribution in [2.24, 2.45) is 0 Å². The summed E-state index contributed by atoms with van der Waals surface area (Å²) in [5, 5.41) is 9.99. The first-order chi connectivity index (χ1) is 10.9. The Kier molecular flexibility index (Phi) is 4.09. The summed E-state index contributed by atoms with van der Waals surface area (Å²) in [6, 6.07) is 7.38. The van der Waals surface area contributed by atoms with Crippen molar-refractivity contribution in [1.82, 2.24) is 14.9 Å². The van der Waals surface area contributed by atoms with Crippen molar-refractivity contribution < 1.29 is 14.3 Å². The predicted molar refractivity (Wildman–Crippen MR) is 82.3 cm³/mol. The van der Waals surface area contributed by atoms with Crippen molar-refractivity contribution in [3.63, 3.8) is 0 Å². The van der Waals surface area contributed by atoms with E-state index in [2.05, 4.69) is 9.97 Å². The monoisotopic (exact) mass is 315 g/mol.